The Hall–Kier alpha value is -1.43. The van der Waals surface area contributed by atoms with E-state index < -0.39 is 10.0 Å². The summed E-state index contributed by atoms with van der Waals surface area (Å²) in [6.45, 7) is 1.78. The van der Waals surface area contributed by atoms with Crippen molar-refractivity contribution in [1.29, 1.82) is 0 Å². The van der Waals surface area contributed by atoms with Crippen LogP contribution in [0.3, 0.4) is 0 Å². The summed E-state index contributed by atoms with van der Waals surface area (Å²) < 4.78 is 26.8. The minimum atomic E-state index is -3.73. The van der Waals surface area contributed by atoms with Crippen molar-refractivity contribution in [3.63, 3.8) is 0 Å². The molecule has 0 aliphatic carbocycles. The van der Waals surface area contributed by atoms with Gasteiger partial charge in [0, 0.05) is 10.7 Å². The maximum absolute atomic E-state index is 12.2. The molecule has 0 radical (unpaired) electrons. The van der Waals surface area contributed by atoms with E-state index in [-0.39, 0.29) is 15.6 Å². The first kappa shape index (κ1) is 15.0. The van der Waals surface area contributed by atoms with Gasteiger partial charge in [0.25, 0.3) is 10.0 Å². The molecule has 0 heterocycles. The summed E-state index contributed by atoms with van der Waals surface area (Å²) in [5.41, 5.74) is 7.02. The predicted octanol–water partition coefficient (Wildman–Crippen LogP) is 3.68. The van der Waals surface area contributed by atoms with Gasteiger partial charge in [-0.25, -0.2) is 8.42 Å². The van der Waals surface area contributed by atoms with Gasteiger partial charge in [-0.1, -0.05) is 23.2 Å². The number of halogens is 2. The van der Waals surface area contributed by atoms with Gasteiger partial charge in [-0.3, -0.25) is 4.72 Å². The highest BCUT2D eigenvalue weighted by Gasteiger charge is 2.16. The average Bonchev–Trinajstić information content (AvgIpc) is 2.36. The quantitative estimate of drug-likeness (QED) is 0.843. The van der Waals surface area contributed by atoms with Gasteiger partial charge >= 0.3 is 0 Å². The zero-order valence-electron chi connectivity index (χ0n) is 10.5. The molecular weight excluding hydrogens is 319 g/mol. The molecule has 2 rings (SSSR count). The third-order valence-electron chi connectivity index (χ3n) is 2.68. The number of aryl methyl sites for hydroxylation is 1. The Morgan fingerprint density at radius 3 is 2.25 bits per heavy atom. The van der Waals surface area contributed by atoms with E-state index in [2.05, 4.69) is 4.72 Å². The summed E-state index contributed by atoms with van der Waals surface area (Å²) in [4.78, 5) is 0.0967. The molecule has 20 heavy (non-hydrogen) atoms. The Labute approximate surface area is 127 Å². The van der Waals surface area contributed by atoms with Crippen LogP contribution in [0.25, 0.3) is 0 Å². The number of hydrogen-bond donors (Lipinski definition) is 2. The number of nitrogen functional groups attached to an aromatic ring is 1. The maximum Gasteiger partial charge on any atom is 0.261 e. The largest absolute Gasteiger partial charge is 0.399 e. The fourth-order valence-corrected chi connectivity index (χ4v) is 3.13. The van der Waals surface area contributed by atoms with Crippen molar-refractivity contribution in [2.24, 2.45) is 0 Å². The van der Waals surface area contributed by atoms with Gasteiger partial charge in [0.15, 0.2) is 0 Å². The first-order chi connectivity index (χ1) is 9.29. The molecule has 0 saturated carbocycles. The van der Waals surface area contributed by atoms with Crippen molar-refractivity contribution in [3.8, 4) is 0 Å². The minimum Gasteiger partial charge on any atom is -0.399 e. The van der Waals surface area contributed by atoms with Gasteiger partial charge in [0.1, 0.15) is 0 Å². The van der Waals surface area contributed by atoms with E-state index in [4.69, 9.17) is 28.9 Å². The Morgan fingerprint density at radius 2 is 1.65 bits per heavy atom. The molecule has 7 heteroatoms. The van der Waals surface area contributed by atoms with E-state index in [0.717, 1.165) is 5.56 Å². The molecule has 4 nitrogen and oxygen atoms in total. The van der Waals surface area contributed by atoms with Crippen molar-refractivity contribution < 1.29 is 8.42 Å². The van der Waals surface area contributed by atoms with Gasteiger partial charge in [0.05, 0.1) is 15.6 Å². The van der Waals surface area contributed by atoms with E-state index in [1.807, 2.05) is 0 Å². The number of rotatable bonds is 3. The first-order valence-electron chi connectivity index (χ1n) is 5.63. The highest BCUT2D eigenvalue weighted by Crippen LogP contribution is 2.30. The van der Waals surface area contributed by atoms with Crippen LogP contribution in [-0.4, -0.2) is 8.42 Å². The molecule has 0 spiro atoms. The zero-order valence-corrected chi connectivity index (χ0v) is 12.9. The Bertz CT molecular complexity index is 744. The second kappa shape index (κ2) is 5.52. The molecule has 0 amide bonds. The molecule has 0 saturated heterocycles. The molecule has 0 unspecified atom stereocenters. The summed E-state index contributed by atoms with van der Waals surface area (Å²) in [5, 5.41) is 0.718. The SMILES string of the molecule is Cc1cc(Cl)c(NS(=O)(=O)c2ccc(N)cc2)cc1Cl. The van der Waals surface area contributed by atoms with Crippen LogP contribution in [0.2, 0.25) is 10.0 Å². The lowest BCUT2D eigenvalue weighted by Gasteiger charge is -2.11. The van der Waals surface area contributed by atoms with Gasteiger partial charge in [-0.05, 0) is 48.9 Å². The van der Waals surface area contributed by atoms with Gasteiger partial charge in [-0.15, -0.1) is 0 Å². The summed E-state index contributed by atoms with van der Waals surface area (Å²) in [7, 11) is -3.73. The molecule has 0 aliphatic rings. The molecule has 106 valence electrons. The van der Waals surface area contributed by atoms with Crippen LogP contribution < -0.4 is 10.5 Å². The lowest BCUT2D eigenvalue weighted by Crippen LogP contribution is -2.13. The molecule has 2 aromatic rings. The number of benzene rings is 2. The molecule has 3 N–H and O–H groups in total. The van der Waals surface area contributed by atoms with E-state index in [0.29, 0.717) is 10.7 Å². The number of sulfonamides is 1. The fourth-order valence-electron chi connectivity index (χ4n) is 1.58. The lowest BCUT2D eigenvalue weighted by atomic mass is 10.2. The van der Waals surface area contributed by atoms with Crippen LogP contribution in [0.5, 0.6) is 0 Å². The number of anilines is 2. The van der Waals surface area contributed by atoms with Gasteiger partial charge in [-0.2, -0.15) is 0 Å². The number of nitrogens with two attached hydrogens (primary N) is 1. The standard InChI is InChI=1S/C13H12Cl2N2O2S/c1-8-6-12(15)13(7-11(8)14)17-20(18,19)10-4-2-9(16)3-5-10/h2-7,17H,16H2,1H3. The van der Waals surface area contributed by atoms with E-state index in [1.54, 1.807) is 13.0 Å². The second-order valence-corrected chi connectivity index (χ2v) is 6.75. The van der Waals surface area contributed by atoms with Crippen molar-refractivity contribution in [2.45, 2.75) is 11.8 Å². The summed E-state index contributed by atoms with van der Waals surface area (Å²) >= 11 is 12.0. The summed E-state index contributed by atoms with van der Waals surface area (Å²) in [5.74, 6) is 0. The van der Waals surface area contributed by atoms with Crippen LogP contribution in [0.4, 0.5) is 11.4 Å². The van der Waals surface area contributed by atoms with Crippen LogP contribution in [0, 0.1) is 6.92 Å². The Morgan fingerprint density at radius 1 is 1.05 bits per heavy atom. The van der Waals surface area contributed by atoms with Crippen molar-refractivity contribution in [1.82, 2.24) is 0 Å². The molecule has 0 fully saturated rings. The number of hydrogen-bond acceptors (Lipinski definition) is 3. The summed E-state index contributed by atoms with van der Waals surface area (Å²) in [6.07, 6.45) is 0. The average molecular weight is 331 g/mol. The molecule has 0 aromatic heterocycles. The van der Waals surface area contributed by atoms with E-state index in [1.165, 1.54) is 30.3 Å². The predicted molar refractivity (Wildman–Crippen MR) is 82.9 cm³/mol. The molecule has 0 atom stereocenters. The fraction of sp³-hybridized carbons (Fsp3) is 0.0769. The molecule has 0 bridgehead atoms. The van der Waals surface area contributed by atoms with E-state index >= 15 is 0 Å². The van der Waals surface area contributed by atoms with Crippen LogP contribution in [0.15, 0.2) is 41.3 Å². The lowest BCUT2D eigenvalue weighted by molar-refractivity contribution is 0.601. The first-order valence-corrected chi connectivity index (χ1v) is 7.87. The van der Waals surface area contributed by atoms with Gasteiger partial charge < -0.3 is 5.73 Å². The number of nitrogens with one attached hydrogen (secondary N) is 1. The molecular formula is C13H12Cl2N2O2S. The Balaban J connectivity index is 2.38. The topological polar surface area (TPSA) is 72.2 Å². The van der Waals surface area contributed by atoms with Crippen molar-refractivity contribution >= 4 is 44.6 Å². The second-order valence-electron chi connectivity index (χ2n) is 4.26. The molecule has 2 aromatic carbocycles. The third kappa shape index (κ3) is 3.17. The highest BCUT2D eigenvalue weighted by atomic mass is 35.5. The monoisotopic (exact) mass is 330 g/mol. The Kier molecular flexibility index (Phi) is 4.13. The molecule has 0 aliphatic heterocycles. The van der Waals surface area contributed by atoms with Crippen LogP contribution in [-0.2, 0) is 10.0 Å². The smallest absolute Gasteiger partial charge is 0.261 e. The third-order valence-corrected chi connectivity index (χ3v) is 4.78. The van der Waals surface area contributed by atoms with Gasteiger partial charge in [0.2, 0.25) is 0 Å². The minimum absolute atomic E-state index is 0.0967. The normalized spacial score (nSPS) is 11.3. The van der Waals surface area contributed by atoms with E-state index in [9.17, 15) is 8.42 Å². The van der Waals surface area contributed by atoms with Crippen LogP contribution in [0.1, 0.15) is 5.56 Å². The van der Waals surface area contributed by atoms with Crippen molar-refractivity contribution in [2.75, 3.05) is 10.5 Å². The highest BCUT2D eigenvalue weighted by molar-refractivity contribution is 7.92. The van der Waals surface area contributed by atoms with Crippen molar-refractivity contribution in [3.05, 3.63) is 52.0 Å². The van der Waals surface area contributed by atoms with Crippen LogP contribution >= 0.6 is 23.2 Å². The maximum atomic E-state index is 12.2. The summed E-state index contributed by atoms with van der Waals surface area (Å²) in [6, 6.07) is 8.94. The zero-order chi connectivity index (χ0) is 14.9.